The largest absolute Gasteiger partial charge is 0.391 e. The smallest absolute Gasteiger partial charge is 0.0991 e. The molecule has 2 heterocycles. The molecule has 0 spiro atoms. The minimum absolute atomic E-state index is 0.247. The molecular formula is C10H19NO3. The van der Waals surface area contributed by atoms with E-state index in [1.165, 1.54) is 0 Å². The summed E-state index contributed by atoms with van der Waals surface area (Å²) in [4.78, 5) is 2.07. The molecule has 0 aromatic carbocycles. The number of nitrogens with zero attached hydrogens (tertiary/aromatic N) is 1. The number of rotatable bonds is 1. The summed E-state index contributed by atoms with van der Waals surface area (Å²) in [5, 5.41) is 29.0. The highest BCUT2D eigenvalue weighted by molar-refractivity contribution is 5.02. The highest BCUT2D eigenvalue weighted by Crippen LogP contribution is 2.32. The minimum atomic E-state index is -0.778. The molecule has 2 fully saturated rings. The molecule has 0 saturated carbocycles. The molecule has 3 unspecified atom stereocenters. The van der Waals surface area contributed by atoms with Gasteiger partial charge in [-0.05, 0) is 19.3 Å². The number of aliphatic hydroxyl groups excluding tert-OH is 3. The number of hydrogen-bond acceptors (Lipinski definition) is 4. The highest BCUT2D eigenvalue weighted by atomic mass is 16.3. The van der Waals surface area contributed by atoms with Crippen LogP contribution in [0.25, 0.3) is 0 Å². The van der Waals surface area contributed by atoms with Gasteiger partial charge in [-0.25, -0.2) is 0 Å². The SMILES string of the molecule is CCC1CCC(O)[C@@H]2C(O)[C@@H](O)CN12. The van der Waals surface area contributed by atoms with Gasteiger partial charge in [0.2, 0.25) is 0 Å². The number of hydrogen-bond donors (Lipinski definition) is 3. The van der Waals surface area contributed by atoms with Gasteiger partial charge in [0.15, 0.2) is 0 Å². The highest BCUT2D eigenvalue weighted by Gasteiger charge is 2.48. The van der Waals surface area contributed by atoms with Crippen LogP contribution in [-0.4, -0.2) is 57.2 Å². The first-order valence-corrected chi connectivity index (χ1v) is 5.45. The van der Waals surface area contributed by atoms with Crippen molar-refractivity contribution in [1.82, 2.24) is 4.90 Å². The Morgan fingerprint density at radius 1 is 1.14 bits per heavy atom. The summed E-state index contributed by atoms with van der Waals surface area (Å²) in [6, 6.07) is 0.166. The van der Waals surface area contributed by atoms with Gasteiger partial charge < -0.3 is 15.3 Å². The Bertz CT molecular complexity index is 212. The van der Waals surface area contributed by atoms with Crippen LogP contribution in [0.3, 0.4) is 0 Å². The third-order valence-corrected chi connectivity index (χ3v) is 3.66. The van der Waals surface area contributed by atoms with Crippen molar-refractivity contribution >= 4 is 0 Å². The molecule has 5 atom stereocenters. The van der Waals surface area contributed by atoms with Gasteiger partial charge in [-0.1, -0.05) is 6.92 Å². The molecule has 0 aromatic rings. The second-order valence-corrected chi connectivity index (χ2v) is 4.45. The van der Waals surface area contributed by atoms with Gasteiger partial charge in [-0.2, -0.15) is 0 Å². The van der Waals surface area contributed by atoms with Crippen LogP contribution < -0.4 is 0 Å². The quantitative estimate of drug-likeness (QED) is 0.526. The van der Waals surface area contributed by atoms with E-state index in [0.29, 0.717) is 12.6 Å². The van der Waals surface area contributed by atoms with E-state index in [1.807, 2.05) is 0 Å². The van der Waals surface area contributed by atoms with E-state index in [9.17, 15) is 15.3 Å². The van der Waals surface area contributed by atoms with Gasteiger partial charge in [0.25, 0.3) is 0 Å². The summed E-state index contributed by atoms with van der Waals surface area (Å²) in [7, 11) is 0. The second kappa shape index (κ2) is 3.77. The summed E-state index contributed by atoms with van der Waals surface area (Å²) < 4.78 is 0. The first-order valence-electron chi connectivity index (χ1n) is 5.45. The molecule has 2 saturated heterocycles. The maximum absolute atomic E-state index is 9.77. The Morgan fingerprint density at radius 2 is 1.86 bits per heavy atom. The van der Waals surface area contributed by atoms with Crippen LogP contribution in [0.4, 0.5) is 0 Å². The number of piperidine rings is 1. The van der Waals surface area contributed by atoms with Crippen molar-refractivity contribution in [1.29, 1.82) is 0 Å². The average Bonchev–Trinajstić information content (AvgIpc) is 2.45. The molecule has 0 bridgehead atoms. The zero-order chi connectivity index (χ0) is 10.3. The summed E-state index contributed by atoms with van der Waals surface area (Å²) in [6.07, 6.45) is 0.769. The van der Waals surface area contributed by atoms with E-state index in [1.54, 1.807) is 0 Å². The summed E-state index contributed by atoms with van der Waals surface area (Å²) in [6.45, 7) is 2.61. The number of fused-ring (bicyclic) bond motifs is 1. The van der Waals surface area contributed by atoms with Crippen LogP contribution in [-0.2, 0) is 0 Å². The molecule has 14 heavy (non-hydrogen) atoms. The normalized spacial score (nSPS) is 49.3. The summed E-state index contributed by atoms with van der Waals surface area (Å²) in [5.74, 6) is 0. The maximum atomic E-state index is 9.77. The van der Waals surface area contributed by atoms with Crippen molar-refractivity contribution in [3.63, 3.8) is 0 Å². The van der Waals surface area contributed by atoms with E-state index in [0.717, 1.165) is 19.3 Å². The first kappa shape index (κ1) is 10.4. The van der Waals surface area contributed by atoms with E-state index < -0.39 is 18.3 Å². The molecule has 4 heteroatoms. The predicted molar refractivity (Wildman–Crippen MR) is 51.8 cm³/mol. The monoisotopic (exact) mass is 201 g/mol. The molecular weight excluding hydrogens is 182 g/mol. The Labute approximate surface area is 84.2 Å². The first-order chi connectivity index (χ1) is 6.65. The van der Waals surface area contributed by atoms with Crippen LogP contribution in [0.15, 0.2) is 0 Å². The molecule has 3 N–H and O–H groups in total. The van der Waals surface area contributed by atoms with E-state index in [-0.39, 0.29) is 6.04 Å². The van der Waals surface area contributed by atoms with Gasteiger partial charge in [0.1, 0.15) is 0 Å². The van der Waals surface area contributed by atoms with E-state index in [4.69, 9.17) is 0 Å². The molecule has 0 radical (unpaired) electrons. The summed E-state index contributed by atoms with van der Waals surface area (Å²) >= 11 is 0. The van der Waals surface area contributed by atoms with Crippen molar-refractivity contribution in [2.75, 3.05) is 6.54 Å². The van der Waals surface area contributed by atoms with Crippen molar-refractivity contribution in [3.8, 4) is 0 Å². The molecule has 0 amide bonds. The standard InChI is InChI=1S/C10H19NO3/c1-2-6-3-4-7(12)9-10(14)8(13)5-11(6)9/h6-10,12-14H,2-5H2,1H3/t6?,7?,8-,9+,10?/m0/s1. The van der Waals surface area contributed by atoms with Crippen LogP contribution >= 0.6 is 0 Å². The van der Waals surface area contributed by atoms with Gasteiger partial charge in [0, 0.05) is 12.6 Å². The van der Waals surface area contributed by atoms with Crippen molar-refractivity contribution in [3.05, 3.63) is 0 Å². The zero-order valence-corrected chi connectivity index (χ0v) is 8.50. The maximum Gasteiger partial charge on any atom is 0.0991 e. The lowest BCUT2D eigenvalue weighted by Gasteiger charge is -2.40. The van der Waals surface area contributed by atoms with Gasteiger partial charge in [-0.15, -0.1) is 0 Å². The molecule has 0 aliphatic carbocycles. The van der Waals surface area contributed by atoms with Gasteiger partial charge >= 0.3 is 0 Å². The lowest BCUT2D eigenvalue weighted by molar-refractivity contribution is -0.0457. The molecule has 2 aliphatic heterocycles. The van der Waals surface area contributed by atoms with Crippen molar-refractivity contribution in [2.24, 2.45) is 0 Å². The second-order valence-electron chi connectivity index (χ2n) is 4.45. The molecule has 82 valence electrons. The van der Waals surface area contributed by atoms with Gasteiger partial charge in [0.05, 0.1) is 24.4 Å². The zero-order valence-electron chi connectivity index (χ0n) is 8.50. The lowest BCUT2D eigenvalue weighted by Crippen LogP contribution is -2.53. The topological polar surface area (TPSA) is 63.9 Å². The Balaban J connectivity index is 2.15. The van der Waals surface area contributed by atoms with Gasteiger partial charge in [-0.3, -0.25) is 4.90 Å². The summed E-state index contributed by atoms with van der Waals surface area (Å²) in [5.41, 5.74) is 0. The fourth-order valence-electron chi connectivity index (χ4n) is 2.85. The van der Waals surface area contributed by atoms with E-state index in [2.05, 4.69) is 11.8 Å². The lowest BCUT2D eigenvalue weighted by atomic mass is 9.91. The van der Waals surface area contributed by atoms with Crippen LogP contribution in [0, 0.1) is 0 Å². The van der Waals surface area contributed by atoms with Crippen LogP contribution in [0.5, 0.6) is 0 Å². The number of aliphatic hydroxyl groups is 3. The average molecular weight is 201 g/mol. The third kappa shape index (κ3) is 1.46. The Kier molecular flexibility index (Phi) is 2.79. The van der Waals surface area contributed by atoms with Crippen LogP contribution in [0.2, 0.25) is 0 Å². The van der Waals surface area contributed by atoms with Crippen molar-refractivity contribution in [2.45, 2.75) is 56.6 Å². The molecule has 4 nitrogen and oxygen atoms in total. The minimum Gasteiger partial charge on any atom is -0.391 e. The molecule has 2 rings (SSSR count). The fraction of sp³-hybridized carbons (Fsp3) is 1.00. The van der Waals surface area contributed by atoms with E-state index >= 15 is 0 Å². The predicted octanol–water partition coefficient (Wildman–Crippen LogP) is -0.674. The van der Waals surface area contributed by atoms with Crippen molar-refractivity contribution < 1.29 is 15.3 Å². The van der Waals surface area contributed by atoms with Crippen LogP contribution in [0.1, 0.15) is 26.2 Å². The molecule has 0 aromatic heterocycles. The molecule has 2 aliphatic rings. The fourth-order valence-corrected chi connectivity index (χ4v) is 2.85. The third-order valence-electron chi connectivity index (χ3n) is 3.66. The Hall–Kier alpha value is -0.160. The Morgan fingerprint density at radius 3 is 2.50 bits per heavy atom.